The van der Waals surface area contributed by atoms with Gasteiger partial charge in [0.15, 0.2) is 11.6 Å². The van der Waals surface area contributed by atoms with E-state index in [4.69, 9.17) is 14.2 Å². The van der Waals surface area contributed by atoms with Crippen molar-refractivity contribution in [2.24, 2.45) is 0 Å². The van der Waals surface area contributed by atoms with E-state index in [9.17, 15) is 4.39 Å². The molecule has 7 heteroatoms. The Hall–Kier alpha value is -3.29. The van der Waals surface area contributed by atoms with Crippen molar-refractivity contribution in [3.05, 3.63) is 66.5 Å². The molecule has 4 aromatic rings. The van der Waals surface area contributed by atoms with Gasteiger partial charge in [0.1, 0.15) is 18.1 Å². The zero-order valence-corrected chi connectivity index (χ0v) is 21.5. The predicted molar refractivity (Wildman–Crippen MR) is 146 cm³/mol. The van der Waals surface area contributed by atoms with Gasteiger partial charge in [-0.3, -0.25) is 4.90 Å². The van der Waals surface area contributed by atoms with Crippen molar-refractivity contribution < 1.29 is 18.6 Å². The lowest BCUT2D eigenvalue weighted by molar-refractivity contribution is 0.180. The van der Waals surface area contributed by atoms with Crippen LogP contribution in [-0.2, 0) is 0 Å². The predicted octanol–water partition coefficient (Wildman–Crippen LogP) is 7.33. The molecule has 0 unspecified atom stereocenters. The highest BCUT2D eigenvalue weighted by Crippen LogP contribution is 2.41. The average molecular weight is 507 g/mol. The fourth-order valence-electron chi connectivity index (χ4n) is 4.56. The second kappa shape index (κ2) is 11.2. The molecular formula is C29H31FN2O3S. The van der Waals surface area contributed by atoms with Gasteiger partial charge >= 0.3 is 0 Å². The Labute approximate surface area is 215 Å². The van der Waals surface area contributed by atoms with Gasteiger partial charge in [0.05, 0.1) is 19.9 Å². The van der Waals surface area contributed by atoms with Gasteiger partial charge in [-0.05, 0) is 79.8 Å². The lowest BCUT2D eigenvalue weighted by Crippen LogP contribution is -2.33. The molecule has 1 fully saturated rings. The summed E-state index contributed by atoms with van der Waals surface area (Å²) in [5, 5.41) is 4.53. The number of hydrogen-bond acceptors (Lipinski definition) is 6. The molecule has 1 N–H and O–H groups in total. The molecule has 1 aliphatic rings. The van der Waals surface area contributed by atoms with Crippen LogP contribution >= 0.6 is 11.3 Å². The van der Waals surface area contributed by atoms with E-state index >= 15 is 0 Å². The number of benzene rings is 3. The second-order valence-electron chi connectivity index (χ2n) is 8.95. The number of likely N-dealkylation sites (tertiary alicyclic amines) is 1. The van der Waals surface area contributed by atoms with Gasteiger partial charge in [-0.1, -0.05) is 6.42 Å². The Morgan fingerprint density at radius 1 is 0.889 bits per heavy atom. The van der Waals surface area contributed by atoms with Gasteiger partial charge in [0.25, 0.3) is 0 Å². The minimum atomic E-state index is -0.378. The highest BCUT2D eigenvalue weighted by molar-refractivity contribution is 7.22. The van der Waals surface area contributed by atoms with E-state index in [2.05, 4.69) is 22.3 Å². The number of methoxy groups -OCH3 is 2. The summed E-state index contributed by atoms with van der Waals surface area (Å²) in [7, 11) is 3.31. The van der Waals surface area contributed by atoms with Crippen molar-refractivity contribution in [3.63, 3.8) is 0 Å². The SMILES string of the molecule is COc1ccc(-c2cc3ccc(OC)cc3s2)c(Nc2ccc(OCCN3CCCCC3)c(F)c2)c1. The number of anilines is 2. The molecular weight excluding hydrogens is 475 g/mol. The summed E-state index contributed by atoms with van der Waals surface area (Å²) in [4.78, 5) is 3.48. The molecule has 1 saturated heterocycles. The monoisotopic (exact) mass is 506 g/mol. The van der Waals surface area contributed by atoms with Crippen molar-refractivity contribution >= 4 is 32.8 Å². The summed E-state index contributed by atoms with van der Waals surface area (Å²) in [5.74, 6) is 1.46. The highest BCUT2D eigenvalue weighted by atomic mass is 32.1. The van der Waals surface area contributed by atoms with Crippen LogP contribution in [0, 0.1) is 5.82 Å². The molecule has 36 heavy (non-hydrogen) atoms. The molecule has 0 radical (unpaired) electrons. The number of piperidine rings is 1. The summed E-state index contributed by atoms with van der Waals surface area (Å²) in [6, 6.07) is 19.1. The maximum Gasteiger partial charge on any atom is 0.167 e. The molecule has 3 aromatic carbocycles. The van der Waals surface area contributed by atoms with Crippen LogP contribution in [0.2, 0.25) is 0 Å². The van der Waals surface area contributed by atoms with E-state index in [1.807, 2.05) is 36.4 Å². The Kier molecular flexibility index (Phi) is 7.58. The number of ether oxygens (including phenoxy) is 3. The normalized spacial score (nSPS) is 14.1. The molecule has 0 aliphatic carbocycles. The maximum absolute atomic E-state index is 14.9. The third-order valence-corrected chi connectivity index (χ3v) is 7.68. The Balaban J connectivity index is 1.34. The van der Waals surface area contributed by atoms with Crippen LogP contribution in [0.5, 0.6) is 17.2 Å². The van der Waals surface area contributed by atoms with Crippen LogP contribution in [0.15, 0.2) is 60.7 Å². The van der Waals surface area contributed by atoms with Crippen molar-refractivity contribution in [1.29, 1.82) is 0 Å². The average Bonchev–Trinajstić information content (AvgIpc) is 3.33. The minimum absolute atomic E-state index is 0.280. The standard InChI is InChI=1S/C29H31FN2O3S/c1-33-22-9-10-24(29-16-20-6-8-23(34-2)19-28(20)36-29)26(18-22)31-21-7-11-27(25(30)17-21)35-15-14-32-12-4-3-5-13-32/h6-11,16-19,31H,3-5,12-15H2,1-2H3. The molecule has 0 saturated carbocycles. The third-order valence-electron chi connectivity index (χ3n) is 6.54. The van der Waals surface area contributed by atoms with Crippen LogP contribution in [0.1, 0.15) is 19.3 Å². The largest absolute Gasteiger partial charge is 0.497 e. The van der Waals surface area contributed by atoms with E-state index < -0.39 is 0 Å². The van der Waals surface area contributed by atoms with Gasteiger partial charge < -0.3 is 19.5 Å². The fraction of sp³-hybridized carbons (Fsp3) is 0.310. The topological polar surface area (TPSA) is 43.0 Å². The first-order valence-electron chi connectivity index (χ1n) is 12.3. The highest BCUT2D eigenvalue weighted by Gasteiger charge is 2.14. The van der Waals surface area contributed by atoms with Gasteiger partial charge in [-0.15, -0.1) is 11.3 Å². The summed E-state index contributed by atoms with van der Waals surface area (Å²) < 4.78 is 32.6. The Bertz CT molecular complexity index is 1330. The number of halogens is 1. The maximum atomic E-state index is 14.9. The van der Waals surface area contributed by atoms with Crippen LogP contribution in [0.3, 0.4) is 0 Å². The summed E-state index contributed by atoms with van der Waals surface area (Å²) in [6.07, 6.45) is 3.76. The summed E-state index contributed by atoms with van der Waals surface area (Å²) in [6.45, 7) is 3.52. The van der Waals surface area contributed by atoms with E-state index in [0.29, 0.717) is 12.3 Å². The van der Waals surface area contributed by atoms with Gasteiger partial charge in [-0.2, -0.15) is 0 Å². The minimum Gasteiger partial charge on any atom is -0.497 e. The lowest BCUT2D eigenvalue weighted by Gasteiger charge is -2.26. The molecule has 0 amide bonds. The van der Waals surface area contributed by atoms with Crippen molar-refractivity contribution in [1.82, 2.24) is 4.90 Å². The number of hydrogen-bond donors (Lipinski definition) is 1. The number of thiophene rings is 1. The van der Waals surface area contributed by atoms with Crippen LogP contribution in [0.4, 0.5) is 15.8 Å². The van der Waals surface area contributed by atoms with E-state index in [-0.39, 0.29) is 11.6 Å². The van der Waals surface area contributed by atoms with Gasteiger partial charge in [0, 0.05) is 39.5 Å². The molecule has 0 spiro atoms. The Morgan fingerprint density at radius 3 is 2.44 bits per heavy atom. The van der Waals surface area contributed by atoms with E-state index in [0.717, 1.165) is 57.3 Å². The first-order chi connectivity index (χ1) is 17.6. The first-order valence-corrected chi connectivity index (χ1v) is 13.1. The second-order valence-corrected chi connectivity index (χ2v) is 10.0. The molecule has 1 aliphatic heterocycles. The molecule has 5 rings (SSSR count). The van der Waals surface area contributed by atoms with Gasteiger partial charge in [-0.25, -0.2) is 4.39 Å². The van der Waals surface area contributed by atoms with Crippen molar-refractivity contribution in [2.75, 3.05) is 45.8 Å². The molecule has 188 valence electrons. The Morgan fingerprint density at radius 2 is 1.67 bits per heavy atom. The molecule has 1 aromatic heterocycles. The number of nitrogens with zero attached hydrogens (tertiary/aromatic N) is 1. The molecule has 0 atom stereocenters. The summed E-state index contributed by atoms with van der Waals surface area (Å²) >= 11 is 1.69. The van der Waals surface area contributed by atoms with Crippen LogP contribution in [-0.4, -0.2) is 45.4 Å². The van der Waals surface area contributed by atoms with E-state index in [1.165, 1.54) is 25.3 Å². The molecule has 2 heterocycles. The fourth-order valence-corrected chi connectivity index (χ4v) is 5.69. The molecule has 0 bridgehead atoms. The smallest absolute Gasteiger partial charge is 0.167 e. The molecule has 5 nitrogen and oxygen atoms in total. The van der Waals surface area contributed by atoms with Crippen LogP contribution in [0.25, 0.3) is 20.5 Å². The lowest BCUT2D eigenvalue weighted by atomic mass is 10.1. The number of fused-ring (bicyclic) bond motifs is 1. The van der Waals surface area contributed by atoms with E-state index in [1.54, 1.807) is 31.6 Å². The van der Waals surface area contributed by atoms with Gasteiger partial charge in [0.2, 0.25) is 0 Å². The quantitative estimate of drug-likeness (QED) is 0.257. The van der Waals surface area contributed by atoms with Crippen molar-refractivity contribution in [2.45, 2.75) is 19.3 Å². The zero-order valence-electron chi connectivity index (χ0n) is 20.7. The zero-order chi connectivity index (χ0) is 24.9. The number of rotatable bonds is 9. The number of nitrogens with one attached hydrogen (secondary N) is 1. The third kappa shape index (κ3) is 5.58. The summed E-state index contributed by atoms with van der Waals surface area (Å²) in [5.41, 5.74) is 2.50. The van der Waals surface area contributed by atoms with Crippen molar-refractivity contribution in [3.8, 4) is 27.7 Å². The first kappa shape index (κ1) is 24.4. The van der Waals surface area contributed by atoms with Crippen LogP contribution < -0.4 is 19.5 Å².